The number of carbonyl (C=O) groups excluding carboxylic acids is 1. The highest BCUT2D eigenvalue weighted by molar-refractivity contribution is 5.83. The molecular weight excluding hydrogens is 297 g/mol. The van der Waals surface area contributed by atoms with Crippen LogP contribution in [0.5, 0.6) is 5.88 Å². The van der Waals surface area contributed by atoms with Crippen LogP contribution in [0.3, 0.4) is 0 Å². The highest BCUT2D eigenvalue weighted by Crippen LogP contribution is 2.27. The van der Waals surface area contributed by atoms with Crippen LogP contribution in [0.25, 0.3) is 10.8 Å². The SMILES string of the molecule is O=C(N[C@H]1CN2CCC1CC2)Oc1cc2cccc(F)c2cn1. The predicted molar refractivity (Wildman–Crippen MR) is 83.8 cm³/mol. The molecule has 0 radical (unpaired) electrons. The second-order valence-electron chi connectivity index (χ2n) is 6.26. The Morgan fingerprint density at radius 1 is 1.35 bits per heavy atom. The first kappa shape index (κ1) is 14.4. The van der Waals surface area contributed by atoms with E-state index in [1.165, 1.54) is 12.3 Å². The van der Waals surface area contributed by atoms with Gasteiger partial charge in [-0.15, -0.1) is 0 Å². The molecule has 1 N–H and O–H groups in total. The lowest BCUT2D eigenvalue weighted by molar-refractivity contribution is 0.0723. The number of nitrogens with one attached hydrogen (secondary N) is 1. The molecule has 2 bridgehead atoms. The number of fused-ring (bicyclic) bond motifs is 4. The van der Waals surface area contributed by atoms with Crippen LogP contribution in [0.1, 0.15) is 12.8 Å². The first-order valence-electron chi connectivity index (χ1n) is 7.94. The Kier molecular flexibility index (Phi) is 3.61. The second kappa shape index (κ2) is 5.77. The molecule has 3 fully saturated rings. The van der Waals surface area contributed by atoms with Crippen molar-refractivity contribution in [1.82, 2.24) is 15.2 Å². The monoisotopic (exact) mass is 315 g/mol. The average molecular weight is 315 g/mol. The average Bonchev–Trinajstić information content (AvgIpc) is 2.56. The van der Waals surface area contributed by atoms with E-state index in [0.29, 0.717) is 16.7 Å². The Morgan fingerprint density at radius 2 is 2.17 bits per heavy atom. The van der Waals surface area contributed by atoms with Crippen LogP contribution < -0.4 is 10.1 Å². The van der Waals surface area contributed by atoms with E-state index in [1.54, 1.807) is 18.2 Å². The number of nitrogens with zero attached hydrogens (tertiary/aromatic N) is 2. The fraction of sp³-hybridized carbons (Fsp3) is 0.412. The van der Waals surface area contributed by atoms with Crippen molar-refractivity contribution >= 4 is 16.9 Å². The summed E-state index contributed by atoms with van der Waals surface area (Å²) in [5, 5.41) is 4.01. The van der Waals surface area contributed by atoms with E-state index in [-0.39, 0.29) is 17.7 Å². The summed E-state index contributed by atoms with van der Waals surface area (Å²) >= 11 is 0. The summed E-state index contributed by atoms with van der Waals surface area (Å²) < 4.78 is 18.9. The molecular formula is C17H18FN3O2. The van der Waals surface area contributed by atoms with Gasteiger partial charge in [0.15, 0.2) is 0 Å². The molecule has 120 valence electrons. The van der Waals surface area contributed by atoms with Gasteiger partial charge in [-0.2, -0.15) is 0 Å². The summed E-state index contributed by atoms with van der Waals surface area (Å²) in [5.74, 6) is 0.381. The van der Waals surface area contributed by atoms with Gasteiger partial charge >= 0.3 is 6.09 Å². The Bertz CT molecular complexity index is 744. The summed E-state index contributed by atoms with van der Waals surface area (Å²) in [5.41, 5.74) is 0. The number of pyridine rings is 1. The first-order valence-corrected chi connectivity index (χ1v) is 7.94. The fourth-order valence-corrected chi connectivity index (χ4v) is 3.57. The minimum atomic E-state index is -0.494. The predicted octanol–water partition coefficient (Wildman–Crippen LogP) is 2.56. The van der Waals surface area contributed by atoms with Gasteiger partial charge in [0.1, 0.15) is 5.82 Å². The number of hydrogen-bond acceptors (Lipinski definition) is 4. The van der Waals surface area contributed by atoms with Crippen molar-refractivity contribution in [2.45, 2.75) is 18.9 Å². The number of benzene rings is 1. The molecule has 1 amide bonds. The van der Waals surface area contributed by atoms with Gasteiger partial charge in [0.05, 0.1) is 0 Å². The van der Waals surface area contributed by atoms with Crippen LogP contribution in [0, 0.1) is 11.7 Å². The van der Waals surface area contributed by atoms with Crippen molar-refractivity contribution in [2.24, 2.45) is 5.92 Å². The summed E-state index contributed by atoms with van der Waals surface area (Å²) in [6, 6.07) is 6.48. The van der Waals surface area contributed by atoms with Crippen LogP contribution in [0.4, 0.5) is 9.18 Å². The third kappa shape index (κ3) is 2.86. The van der Waals surface area contributed by atoms with E-state index in [1.807, 2.05) is 0 Å². The molecule has 23 heavy (non-hydrogen) atoms. The molecule has 3 saturated heterocycles. The number of halogens is 1. The number of hydrogen-bond donors (Lipinski definition) is 1. The highest BCUT2D eigenvalue weighted by Gasteiger charge is 2.35. The Hall–Kier alpha value is -2.21. The number of amides is 1. The van der Waals surface area contributed by atoms with Gasteiger partial charge in [0.2, 0.25) is 5.88 Å². The summed E-state index contributed by atoms with van der Waals surface area (Å²) in [7, 11) is 0. The molecule has 0 aliphatic carbocycles. The lowest BCUT2D eigenvalue weighted by Gasteiger charge is -2.44. The van der Waals surface area contributed by atoms with Crippen molar-refractivity contribution in [3.63, 3.8) is 0 Å². The number of rotatable bonds is 2. The standard InChI is InChI=1S/C17H18FN3O2/c18-14-3-1-2-12-8-16(19-9-13(12)14)23-17(22)20-15-10-21-6-4-11(15)5-7-21/h1-3,8-9,11,15H,4-7,10H2,(H,20,22)/t15-/m0/s1. The molecule has 4 heterocycles. The molecule has 0 unspecified atom stereocenters. The van der Waals surface area contributed by atoms with Gasteiger partial charge in [-0.3, -0.25) is 0 Å². The maximum Gasteiger partial charge on any atom is 0.414 e. The van der Waals surface area contributed by atoms with E-state index in [2.05, 4.69) is 15.2 Å². The molecule has 0 spiro atoms. The quantitative estimate of drug-likeness (QED) is 0.925. The molecule has 6 heteroatoms. The summed E-state index contributed by atoms with van der Waals surface area (Å²) in [6.07, 6.45) is 3.14. The van der Waals surface area contributed by atoms with E-state index >= 15 is 0 Å². The van der Waals surface area contributed by atoms with Gasteiger partial charge in [0, 0.05) is 30.2 Å². The molecule has 0 saturated carbocycles. The van der Waals surface area contributed by atoms with E-state index < -0.39 is 6.09 Å². The summed E-state index contributed by atoms with van der Waals surface area (Å²) in [6.45, 7) is 3.13. The van der Waals surface area contributed by atoms with E-state index in [4.69, 9.17) is 4.74 Å². The van der Waals surface area contributed by atoms with Crippen molar-refractivity contribution in [3.05, 3.63) is 36.3 Å². The second-order valence-corrected chi connectivity index (χ2v) is 6.26. The van der Waals surface area contributed by atoms with Gasteiger partial charge in [-0.25, -0.2) is 14.2 Å². The number of piperidine rings is 3. The maximum atomic E-state index is 13.6. The number of ether oxygens (including phenoxy) is 1. The first-order chi connectivity index (χ1) is 11.2. The summed E-state index contributed by atoms with van der Waals surface area (Å²) in [4.78, 5) is 18.5. The molecule has 2 aromatic rings. The maximum absolute atomic E-state index is 13.6. The zero-order chi connectivity index (χ0) is 15.8. The van der Waals surface area contributed by atoms with Gasteiger partial charge in [0.25, 0.3) is 0 Å². The zero-order valence-electron chi connectivity index (χ0n) is 12.7. The molecule has 5 rings (SSSR count). The van der Waals surface area contributed by atoms with Crippen molar-refractivity contribution in [3.8, 4) is 5.88 Å². The largest absolute Gasteiger partial charge is 0.414 e. The van der Waals surface area contributed by atoms with Gasteiger partial charge in [-0.1, -0.05) is 12.1 Å². The lowest BCUT2D eigenvalue weighted by Crippen LogP contribution is -2.57. The molecule has 1 aromatic heterocycles. The normalized spacial score (nSPS) is 26.2. The van der Waals surface area contributed by atoms with Crippen LogP contribution >= 0.6 is 0 Å². The van der Waals surface area contributed by atoms with Crippen molar-refractivity contribution < 1.29 is 13.9 Å². The Labute approximate surface area is 133 Å². The number of aromatic nitrogens is 1. The van der Waals surface area contributed by atoms with Gasteiger partial charge in [-0.05, 0) is 43.3 Å². The minimum absolute atomic E-state index is 0.142. The molecule has 1 aromatic carbocycles. The van der Waals surface area contributed by atoms with Crippen LogP contribution in [-0.4, -0.2) is 41.7 Å². The Balaban J connectivity index is 1.44. The molecule has 3 aliphatic heterocycles. The Morgan fingerprint density at radius 3 is 2.91 bits per heavy atom. The molecule has 5 nitrogen and oxygen atoms in total. The fourth-order valence-electron chi connectivity index (χ4n) is 3.57. The lowest BCUT2D eigenvalue weighted by atomic mass is 9.84. The van der Waals surface area contributed by atoms with Crippen LogP contribution in [0.15, 0.2) is 30.5 Å². The van der Waals surface area contributed by atoms with Crippen molar-refractivity contribution in [2.75, 3.05) is 19.6 Å². The topological polar surface area (TPSA) is 54.5 Å². The third-order valence-electron chi connectivity index (χ3n) is 4.84. The van der Waals surface area contributed by atoms with E-state index in [0.717, 1.165) is 32.5 Å². The number of carbonyl (C=O) groups is 1. The van der Waals surface area contributed by atoms with Crippen LogP contribution in [-0.2, 0) is 0 Å². The minimum Gasteiger partial charge on any atom is -0.391 e. The van der Waals surface area contributed by atoms with Gasteiger partial charge < -0.3 is 15.0 Å². The highest BCUT2D eigenvalue weighted by atomic mass is 19.1. The third-order valence-corrected chi connectivity index (χ3v) is 4.84. The van der Waals surface area contributed by atoms with Crippen LogP contribution in [0.2, 0.25) is 0 Å². The smallest absolute Gasteiger partial charge is 0.391 e. The van der Waals surface area contributed by atoms with Crippen molar-refractivity contribution in [1.29, 1.82) is 0 Å². The molecule has 3 aliphatic rings. The zero-order valence-corrected chi connectivity index (χ0v) is 12.7. The molecule has 1 atom stereocenters. The van der Waals surface area contributed by atoms with E-state index in [9.17, 15) is 9.18 Å².